The van der Waals surface area contributed by atoms with E-state index in [1.54, 1.807) is 12.1 Å². The van der Waals surface area contributed by atoms with Crippen molar-refractivity contribution in [3.8, 4) is 0 Å². The van der Waals surface area contributed by atoms with Crippen molar-refractivity contribution < 1.29 is 23.6 Å². The molecule has 2 aromatic rings. The van der Waals surface area contributed by atoms with Gasteiger partial charge in [0.25, 0.3) is 5.91 Å². The second-order valence-corrected chi connectivity index (χ2v) is 12.5. The minimum absolute atomic E-state index is 0.171. The smallest absolute Gasteiger partial charge is 0.261 e. The average molecular weight is 604 g/mol. The van der Waals surface area contributed by atoms with Crippen LogP contribution in [-0.4, -0.2) is 48.8 Å². The molecule has 0 radical (unpaired) electrons. The lowest BCUT2D eigenvalue weighted by molar-refractivity contribution is -0.130. The summed E-state index contributed by atoms with van der Waals surface area (Å²) >= 11 is 1.19. The molecule has 11 heteroatoms. The van der Waals surface area contributed by atoms with Gasteiger partial charge in [0.15, 0.2) is 0 Å². The Balaban J connectivity index is 1.96. The second kappa shape index (κ2) is 16.4. The van der Waals surface area contributed by atoms with Crippen LogP contribution in [0.4, 0.5) is 9.39 Å². The van der Waals surface area contributed by atoms with E-state index in [0.29, 0.717) is 29.1 Å². The lowest BCUT2D eigenvalue weighted by Gasteiger charge is -2.22. The third-order valence-corrected chi connectivity index (χ3v) is 8.31. The molecular weight excluding hydrogens is 557 g/mol. The van der Waals surface area contributed by atoms with Crippen molar-refractivity contribution >= 4 is 40.0 Å². The highest BCUT2D eigenvalue weighted by molar-refractivity contribution is 7.18. The minimum atomic E-state index is -0.721. The molecule has 0 aliphatic heterocycles. The van der Waals surface area contributed by atoms with Gasteiger partial charge in [-0.15, -0.1) is 11.3 Å². The maximum absolute atomic E-state index is 13.3. The molecule has 1 heterocycles. The summed E-state index contributed by atoms with van der Waals surface area (Å²) in [6, 6.07) is 4.47. The Hall–Kier alpha value is -3.31. The third kappa shape index (κ3) is 10.2. The predicted octanol–water partition coefficient (Wildman–Crippen LogP) is 4.39. The number of carbonyl (C=O) groups is 4. The van der Waals surface area contributed by atoms with Crippen molar-refractivity contribution in [3.63, 3.8) is 0 Å². The molecule has 0 saturated heterocycles. The van der Waals surface area contributed by atoms with Gasteiger partial charge in [-0.2, -0.15) is 0 Å². The highest BCUT2D eigenvalue weighted by Gasteiger charge is 2.26. The quantitative estimate of drug-likeness (QED) is 0.192. The summed E-state index contributed by atoms with van der Waals surface area (Å²) in [6.45, 7) is 13.8. The fraction of sp³-hybridized carbons (Fsp3) is 0.548. The normalized spacial score (nSPS) is 13.4. The van der Waals surface area contributed by atoms with E-state index in [2.05, 4.69) is 21.3 Å². The van der Waals surface area contributed by atoms with Crippen molar-refractivity contribution in [3.05, 3.63) is 51.7 Å². The summed E-state index contributed by atoms with van der Waals surface area (Å²) in [6.07, 6.45) is 1.52. The molecule has 0 aliphatic carbocycles. The number of nitrogens with two attached hydrogens (primary N) is 1. The van der Waals surface area contributed by atoms with Crippen molar-refractivity contribution in [2.24, 2.45) is 17.6 Å². The maximum Gasteiger partial charge on any atom is 0.261 e. The highest BCUT2D eigenvalue weighted by atomic mass is 32.1. The van der Waals surface area contributed by atoms with E-state index in [-0.39, 0.29) is 54.4 Å². The predicted molar refractivity (Wildman–Crippen MR) is 166 cm³/mol. The van der Waals surface area contributed by atoms with Crippen LogP contribution in [0, 0.1) is 31.5 Å². The molecule has 3 atom stereocenters. The monoisotopic (exact) mass is 603 g/mol. The van der Waals surface area contributed by atoms with Crippen LogP contribution in [0.25, 0.3) is 0 Å². The van der Waals surface area contributed by atoms with Crippen LogP contribution in [0.5, 0.6) is 0 Å². The Labute approximate surface area is 252 Å². The van der Waals surface area contributed by atoms with Gasteiger partial charge in [0.05, 0.1) is 21.8 Å². The first-order valence-electron chi connectivity index (χ1n) is 14.5. The van der Waals surface area contributed by atoms with Crippen molar-refractivity contribution in [1.82, 2.24) is 16.0 Å². The minimum Gasteiger partial charge on any atom is -0.353 e. The Kier molecular flexibility index (Phi) is 13.6. The summed E-state index contributed by atoms with van der Waals surface area (Å²) in [7, 11) is 0. The molecule has 1 aromatic heterocycles. The molecule has 1 aromatic carbocycles. The number of hydrogen-bond donors (Lipinski definition) is 5. The number of rotatable bonds is 15. The zero-order chi connectivity index (χ0) is 31.6. The molecule has 0 fully saturated rings. The van der Waals surface area contributed by atoms with Gasteiger partial charge in [0.1, 0.15) is 11.9 Å². The van der Waals surface area contributed by atoms with Crippen molar-refractivity contribution in [2.75, 3.05) is 18.4 Å². The molecule has 42 heavy (non-hydrogen) atoms. The molecule has 9 nitrogen and oxygen atoms in total. The number of carbonyl (C=O) groups excluding carboxylic acids is 4. The SMILES string of the molecule is CCC(C(=O)Nc1sc(C(=O)NCCNC(=O)[C@H](CC(C)C)NC(=O)[C@@H](N)CC(C)C)c(C)c1C)c1ccc(F)cc1. The topological polar surface area (TPSA) is 142 Å². The number of benzene rings is 1. The molecule has 0 bridgehead atoms. The molecule has 0 spiro atoms. The molecule has 4 amide bonds. The molecular formula is C31H46FN5O4S. The van der Waals surface area contributed by atoms with Gasteiger partial charge < -0.3 is 27.0 Å². The van der Waals surface area contributed by atoms with Gasteiger partial charge in [-0.05, 0) is 73.8 Å². The van der Waals surface area contributed by atoms with Crippen LogP contribution >= 0.6 is 11.3 Å². The number of hydrogen-bond acceptors (Lipinski definition) is 6. The van der Waals surface area contributed by atoms with Crippen LogP contribution in [0.2, 0.25) is 0 Å². The Morgan fingerprint density at radius 2 is 1.45 bits per heavy atom. The average Bonchev–Trinajstić information content (AvgIpc) is 3.19. The Morgan fingerprint density at radius 1 is 0.857 bits per heavy atom. The number of thiophene rings is 1. The van der Waals surface area contributed by atoms with Crippen LogP contribution in [0.1, 0.15) is 86.2 Å². The van der Waals surface area contributed by atoms with Crippen molar-refractivity contribution in [1.29, 1.82) is 0 Å². The lowest BCUT2D eigenvalue weighted by Crippen LogP contribution is -2.53. The molecule has 1 unspecified atom stereocenters. The first-order valence-corrected chi connectivity index (χ1v) is 15.3. The summed E-state index contributed by atoms with van der Waals surface area (Å²) < 4.78 is 13.3. The van der Waals surface area contributed by atoms with Gasteiger partial charge in [0, 0.05) is 13.1 Å². The number of nitrogens with one attached hydrogen (secondary N) is 4. The third-order valence-electron chi connectivity index (χ3n) is 7.00. The standard InChI is InChI=1S/C31H46FN5O4S/c1-8-23(21-9-11-22(32)12-10-21)27(38)37-31-20(7)19(6)26(42-31)30(41)35-14-13-34-29(40)25(16-18(4)5)36-28(39)24(33)15-17(2)3/h9-12,17-18,23-25H,8,13-16,33H2,1-7H3,(H,34,40)(H,35,41)(H,36,39)(H,37,38)/t23?,24-,25-/m0/s1. The van der Waals surface area contributed by atoms with Crippen LogP contribution < -0.4 is 27.0 Å². The molecule has 2 rings (SSSR count). The van der Waals surface area contributed by atoms with Crippen LogP contribution in [0.3, 0.4) is 0 Å². The highest BCUT2D eigenvalue weighted by Crippen LogP contribution is 2.33. The lowest BCUT2D eigenvalue weighted by atomic mass is 9.95. The zero-order valence-corrected chi connectivity index (χ0v) is 26.5. The van der Waals surface area contributed by atoms with E-state index >= 15 is 0 Å². The first kappa shape index (κ1) is 34.9. The zero-order valence-electron chi connectivity index (χ0n) is 25.7. The number of amides is 4. The van der Waals surface area contributed by atoms with E-state index in [9.17, 15) is 23.6 Å². The summed E-state index contributed by atoms with van der Waals surface area (Å²) in [5.74, 6) is -1.62. The molecule has 6 N–H and O–H groups in total. The van der Waals surface area contributed by atoms with Crippen molar-refractivity contribution in [2.45, 2.75) is 85.7 Å². The Morgan fingerprint density at radius 3 is 2.02 bits per heavy atom. The van der Waals surface area contributed by atoms with E-state index < -0.39 is 18.0 Å². The Bertz CT molecular complexity index is 1230. The van der Waals surface area contributed by atoms with E-state index in [1.165, 1.54) is 23.5 Å². The van der Waals surface area contributed by atoms with Gasteiger partial charge in [-0.1, -0.05) is 46.8 Å². The summed E-state index contributed by atoms with van der Waals surface area (Å²) in [4.78, 5) is 51.8. The van der Waals surface area contributed by atoms with Gasteiger partial charge in [-0.25, -0.2) is 4.39 Å². The molecule has 0 aliphatic rings. The van der Waals surface area contributed by atoms with Gasteiger partial charge in [-0.3, -0.25) is 19.2 Å². The number of anilines is 1. The number of halogens is 1. The van der Waals surface area contributed by atoms with E-state index in [4.69, 9.17) is 5.73 Å². The summed E-state index contributed by atoms with van der Waals surface area (Å²) in [5.41, 5.74) is 8.25. The van der Waals surface area contributed by atoms with Gasteiger partial charge in [0.2, 0.25) is 17.7 Å². The van der Waals surface area contributed by atoms with E-state index in [1.807, 2.05) is 48.5 Å². The molecule has 0 saturated carbocycles. The van der Waals surface area contributed by atoms with Crippen LogP contribution in [0.15, 0.2) is 24.3 Å². The fourth-order valence-electron chi connectivity index (χ4n) is 4.56. The second-order valence-electron chi connectivity index (χ2n) is 11.5. The van der Waals surface area contributed by atoms with E-state index in [0.717, 1.165) is 16.7 Å². The molecule has 232 valence electrons. The first-order chi connectivity index (χ1) is 19.7. The largest absolute Gasteiger partial charge is 0.353 e. The maximum atomic E-state index is 13.3. The van der Waals surface area contributed by atoms with Gasteiger partial charge >= 0.3 is 0 Å². The van der Waals surface area contributed by atoms with Crippen LogP contribution in [-0.2, 0) is 14.4 Å². The summed E-state index contributed by atoms with van der Waals surface area (Å²) in [5, 5.41) is 11.9. The fourth-order valence-corrected chi connectivity index (χ4v) is 5.69.